The lowest BCUT2D eigenvalue weighted by Crippen LogP contribution is -2.21. The molecule has 1 amide bonds. The SMILES string of the molecule is Cc1ccc(N=C2NC(=O)C(=Cc3cnc(NCC(F)(F)F)s3)S2)c(C)c1. The van der Waals surface area contributed by atoms with Gasteiger partial charge in [0.2, 0.25) is 0 Å². The van der Waals surface area contributed by atoms with Crippen molar-refractivity contribution < 1.29 is 18.0 Å². The second-order valence-electron chi connectivity index (χ2n) is 5.81. The lowest BCUT2D eigenvalue weighted by atomic mass is 10.1. The number of amides is 1. The third-order valence-corrected chi connectivity index (χ3v) is 5.27. The van der Waals surface area contributed by atoms with Gasteiger partial charge in [0, 0.05) is 6.20 Å². The van der Waals surface area contributed by atoms with Gasteiger partial charge in [-0.3, -0.25) is 4.79 Å². The summed E-state index contributed by atoms with van der Waals surface area (Å²) >= 11 is 2.22. The molecule has 1 aromatic heterocycles. The number of aliphatic imine (C=N–C) groups is 1. The highest BCUT2D eigenvalue weighted by Crippen LogP contribution is 2.31. The molecule has 10 heteroatoms. The molecule has 1 fully saturated rings. The zero-order valence-corrected chi connectivity index (χ0v) is 16.0. The Morgan fingerprint density at radius 1 is 1.33 bits per heavy atom. The Bertz CT molecular complexity index is 935. The van der Waals surface area contributed by atoms with Crippen molar-refractivity contribution >= 4 is 51.1 Å². The monoisotopic (exact) mass is 412 g/mol. The van der Waals surface area contributed by atoms with E-state index in [1.54, 1.807) is 6.08 Å². The van der Waals surface area contributed by atoms with Gasteiger partial charge in [0.1, 0.15) is 6.54 Å². The lowest BCUT2D eigenvalue weighted by molar-refractivity contribution is -0.116. The largest absolute Gasteiger partial charge is 0.405 e. The summed E-state index contributed by atoms with van der Waals surface area (Å²) in [6.07, 6.45) is -1.31. The van der Waals surface area contributed by atoms with E-state index in [1.807, 2.05) is 32.0 Å². The van der Waals surface area contributed by atoms with E-state index in [0.717, 1.165) is 28.2 Å². The molecule has 1 aliphatic rings. The number of amidine groups is 1. The van der Waals surface area contributed by atoms with Gasteiger partial charge in [0.05, 0.1) is 15.5 Å². The van der Waals surface area contributed by atoms with Crippen LogP contribution >= 0.6 is 23.1 Å². The molecule has 0 spiro atoms. The number of nitrogens with zero attached hydrogens (tertiary/aromatic N) is 2. The van der Waals surface area contributed by atoms with Crippen molar-refractivity contribution in [2.75, 3.05) is 11.9 Å². The summed E-state index contributed by atoms with van der Waals surface area (Å²) < 4.78 is 36.7. The van der Waals surface area contributed by atoms with Crippen LogP contribution in [-0.4, -0.2) is 28.8 Å². The first-order valence-electron chi connectivity index (χ1n) is 7.83. The second-order valence-corrected chi connectivity index (χ2v) is 7.90. The first-order valence-corrected chi connectivity index (χ1v) is 9.46. The third-order valence-electron chi connectivity index (χ3n) is 3.46. The van der Waals surface area contributed by atoms with Gasteiger partial charge in [-0.05, 0) is 43.3 Å². The number of benzene rings is 1. The Labute approximate surface area is 161 Å². The molecule has 0 atom stereocenters. The molecule has 2 heterocycles. The number of aryl methyl sites for hydroxylation is 2. The van der Waals surface area contributed by atoms with Crippen LogP contribution in [0.4, 0.5) is 24.0 Å². The molecule has 2 N–H and O–H groups in total. The van der Waals surface area contributed by atoms with Crippen LogP contribution in [0.2, 0.25) is 0 Å². The van der Waals surface area contributed by atoms with Crippen molar-refractivity contribution in [3.05, 3.63) is 45.3 Å². The minimum atomic E-state index is -4.31. The number of rotatable bonds is 4. The van der Waals surface area contributed by atoms with E-state index in [4.69, 9.17) is 0 Å². The van der Waals surface area contributed by atoms with E-state index in [1.165, 1.54) is 18.0 Å². The fraction of sp³-hybridized carbons (Fsp3) is 0.235. The van der Waals surface area contributed by atoms with Gasteiger partial charge in [0.25, 0.3) is 5.91 Å². The van der Waals surface area contributed by atoms with Gasteiger partial charge in [-0.25, -0.2) is 9.98 Å². The minimum absolute atomic E-state index is 0.145. The van der Waals surface area contributed by atoms with E-state index in [0.29, 0.717) is 14.9 Å². The maximum absolute atomic E-state index is 12.2. The maximum Gasteiger partial charge on any atom is 0.405 e. The smallest absolute Gasteiger partial charge is 0.352 e. The summed E-state index contributed by atoms with van der Waals surface area (Å²) in [6.45, 7) is 2.78. The standard InChI is InChI=1S/C17H15F3N4OS2/c1-9-3-4-12(10(2)5-9)23-16-24-14(25)13(27-16)6-11-7-21-15(26-11)22-8-17(18,19)20/h3-7H,8H2,1-2H3,(H,21,22)(H,23,24,25). The van der Waals surface area contributed by atoms with Crippen molar-refractivity contribution in [2.45, 2.75) is 20.0 Å². The van der Waals surface area contributed by atoms with Crippen molar-refractivity contribution in [3.63, 3.8) is 0 Å². The first kappa shape index (κ1) is 19.4. The quantitative estimate of drug-likeness (QED) is 0.719. The third kappa shape index (κ3) is 5.33. The highest BCUT2D eigenvalue weighted by atomic mass is 32.2. The minimum Gasteiger partial charge on any atom is -0.352 e. The van der Waals surface area contributed by atoms with Gasteiger partial charge < -0.3 is 10.6 Å². The number of hydrogen-bond acceptors (Lipinski definition) is 6. The van der Waals surface area contributed by atoms with Gasteiger partial charge in [0.15, 0.2) is 10.3 Å². The molecule has 0 radical (unpaired) electrons. The van der Waals surface area contributed by atoms with Crippen LogP contribution in [0, 0.1) is 13.8 Å². The summed E-state index contributed by atoms with van der Waals surface area (Å²) in [5.41, 5.74) is 2.89. The highest BCUT2D eigenvalue weighted by molar-refractivity contribution is 8.18. The van der Waals surface area contributed by atoms with Crippen molar-refractivity contribution in [1.29, 1.82) is 0 Å². The summed E-state index contributed by atoms with van der Waals surface area (Å²) in [5, 5.41) is 5.51. The number of alkyl halides is 3. The zero-order chi connectivity index (χ0) is 19.6. The Kier molecular flexibility index (Phi) is 5.56. The number of anilines is 1. The van der Waals surface area contributed by atoms with E-state index >= 15 is 0 Å². The Morgan fingerprint density at radius 2 is 2.11 bits per heavy atom. The first-order chi connectivity index (χ1) is 12.7. The Hall–Kier alpha value is -2.33. The average molecular weight is 412 g/mol. The molecule has 1 saturated heterocycles. The molecule has 0 unspecified atom stereocenters. The number of aromatic nitrogens is 1. The molecule has 0 bridgehead atoms. The van der Waals surface area contributed by atoms with Crippen molar-refractivity contribution in [1.82, 2.24) is 10.3 Å². The molecule has 27 heavy (non-hydrogen) atoms. The molecule has 5 nitrogen and oxygen atoms in total. The number of nitrogens with one attached hydrogen (secondary N) is 2. The molecular formula is C17H15F3N4OS2. The molecule has 0 aliphatic carbocycles. The number of carbonyl (C=O) groups is 1. The van der Waals surface area contributed by atoms with Gasteiger partial charge in [-0.15, -0.1) is 0 Å². The number of thiazole rings is 1. The van der Waals surface area contributed by atoms with Gasteiger partial charge >= 0.3 is 6.18 Å². The second kappa shape index (κ2) is 7.73. The summed E-state index contributed by atoms with van der Waals surface area (Å²) in [4.78, 5) is 21.4. The number of halogens is 3. The fourth-order valence-electron chi connectivity index (χ4n) is 2.26. The van der Waals surface area contributed by atoms with Crippen LogP contribution in [-0.2, 0) is 4.79 Å². The van der Waals surface area contributed by atoms with Crippen LogP contribution in [0.1, 0.15) is 16.0 Å². The lowest BCUT2D eigenvalue weighted by Gasteiger charge is -2.05. The highest BCUT2D eigenvalue weighted by Gasteiger charge is 2.27. The molecule has 1 aromatic carbocycles. The van der Waals surface area contributed by atoms with Crippen LogP contribution in [0.25, 0.3) is 6.08 Å². The van der Waals surface area contributed by atoms with E-state index in [-0.39, 0.29) is 11.0 Å². The van der Waals surface area contributed by atoms with Gasteiger partial charge in [-0.1, -0.05) is 29.0 Å². The summed E-state index contributed by atoms with van der Waals surface area (Å²) in [7, 11) is 0. The van der Waals surface area contributed by atoms with Crippen LogP contribution in [0.3, 0.4) is 0 Å². The van der Waals surface area contributed by atoms with Crippen LogP contribution < -0.4 is 10.6 Å². The van der Waals surface area contributed by atoms with Crippen molar-refractivity contribution in [3.8, 4) is 0 Å². The molecule has 0 saturated carbocycles. The molecule has 142 valence electrons. The normalized spacial score (nSPS) is 17.6. The van der Waals surface area contributed by atoms with Crippen molar-refractivity contribution in [2.24, 2.45) is 4.99 Å². The molecular weight excluding hydrogens is 397 g/mol. The van der Waals surface area contributed by atoms with Crippen LogP contribution in [0.5, 0.6) is 0 Å². The summed E-state index contributed by atoms with van der Waals surface area (Å²) in [5.74, 6) is -0.304. The average Bonchev–Trinajstić information content (AvgIpc) is 3.15. The Morgan fingerprint density at radius 3 is 2.81 bits per heavy atom. The van der Waals surface area contributed by atoms with E-state index < -0.39 is 12.7 Å². The van der Waals surface area contributed by atoms with E-state index in [9.17, 15) is 18.0 Å². The topological polar surface area (TPSA) is 66.4 Å². The number of thioether (sulfide) groups is 1. The predicted molar refractivity (Wildman–Crippen MR) is 103 cm³/mol. The summed E-state index contributed by atoms with van der Waals surface area (Å²) in [6, 6.07) is 5.83. The van der Waals surface area contributed by atoms with Gasteiger partial charge in [-0.2, -0.15) is 13.2 Å². The Balaban J connectivity index is 1.72. The molecule has 1 aliphatic heterocycles. The number of hydrogen-bond donors (Lipinski definition) is 2. The zero-order valence-electron chi connectivity index (χ0n) is 14.3. The number of carbonyl (C=O) groups excluding carboxylic acids is 1. The van der Waals surface area contributed by atoms with E-state index in [2.05, 4.69) is 20.6 Å². The fourth-order valence-corrected chi connectivity index (χ4v) is 3.92. The predicted octanol–water partition coefficient (Wildman–Crippen LogP) is 4.63. The molecule has 3 rings (SSSR count). The molecule has 2 aromatic rings. The van der Waals surface area contributed by atoms with Crippen LogP contribution in [0.15, 0.2) is 34.3 Å². The maximum atomic E-state index is 12.2.